The normalized spacial score (nSPS) is 10.3. The largest absolute Gasteiger partial charge is 0.481 e. The third-order valence-electron chi connectivity index (χ3n) is 3.18. The summed E-state index contributed by atoms with van der Waals surface area (Å²) in [5, 5.41) is 3.35. The number of benzene rings is 1. The summed E-state index contributed by atoms with van der Waals surface area (Å²) < 4.78 is 5.19. The van der Waals surface area contributed by atoms with Crippen molar-refractivity contribution in [2.75, 3.05) is 12.4 Å². The van der Waals surface area contributed by atoms with Gasteiger partial charge in [-0.1, -0.05) is 31.2 Å². The van der Waals surface area contributed by atoms with Crippen molar-refractivity contribution in [3.63, 3.8) is 0 Å². The summed E-state index contributed by atoms with van der Waals surface area (Å²) in [7, 11) is 1.62. The van der Waals surface area contributed by atoms with Crippen molar-refractivity contribution < 1.29 is 4.74 Å². The van der Waals surface area contributed by atoms with Gasteiger partial charge in [-0.3, -0.25) is 0 Å². The van der Waals surface area contributed by atoms with Crippen molar-refractivity contribution in [2.45, 2.75) is 26.8 Å². The molecule has 1 aromatic heterocycles. The van der Waals surface area contributed by atoms with Crippen molar-refractivity contribution in [2.24, 2.45) is 0 Å². The molecule has 0 saturated heterocycles. The lowest BCUT2D eigenvalue weighted by molar-refractivity contribution is 0.393. The van der Waals surface area contributed by atoms with E-state index in [2.05, 4.69) is 46.5 Å². The Balaban J connectivity index is 2.15. The Kier molecular flexibility index (Phi) is 4.34. The van der Waals surface area contributed by atoms with E-state index in [9.17, 15) is 0 Å². The topological polar surface area (TPSA) is 47.0 Å². The lowest BCUT2D eigenvalue weighted by Crippen LogP contribution is -2.06. The van der Waals surface area contributed by atoms with Crippen molar-refractivity contribution in [1.29, 1.82) is 0 Å². The molecule has 1 heterocycles. The number of aromatic nitrogens is 2. The molecule has 4 heteroatoms. The molecule has 0 radical (unpaired) electrons. The Bertz CT molecular complexity index is 555. The average Bonchev–Trinajstić information content (AvgIpc) is 2.46. The van der Waals surface area contributed by atoms with Gasteiger partial charge >= 0.3 is 0 Å². The van der Waals surface area contributed by atoms with Gasteiger partial charge in [0.05, 0.1) is 12.7 Å². The van der Waals surface area contributed by atoms with Crippen LogP contribution in [0.1, 0.15) is 23.6 Å². The van der Waals surface area contributed by atoms with E-state index in [0.717, 1.165) is 24.3 Å². The molecule has 1 aromatic carbocycles. The maximum atomic E-state index is 5.19. The van der Waals surface area contributed by atoms with E-state index < -0.39 is 0 Å². The molecule has 1 N–H and O–H groups in total. The number of nitrogens with one attached hydrogen (secondary N) is 1. The van der Waals surface area contributed by atoms with Gasteiger partial charge in [0, 0.05) is 6.54 Å². The van der Waals surface area contributed by atoms with Crippen LogP contribution in [0.15, 0.2) is 30.6 Å². The maximum Gasteiger partial charge on any atom is 0.221 e. The molecule has 2 rings (SSSR count). The molecule has 0 fully saturated rings. The van der Waals surface area contributed by atoms with Crippen LogP contribution in [0.4, 0.5) is 5.82 Å². The quantitative estimate of drug-likeness (QED) is 0.894. The van der Waals surface area contributed by atoms with E-state index in [0.29, 0.717) is 5.88 Å². The first-order chi connectivity index (χ1) is 9.26. The van der Waals surface area contributed by atoms with Gasteiger partial charge in [0.2, 0.25) is 5.88 Å². The van der Waals surface area contributed by atoms with Gasteiger partial charge < -0.3 is 10.1 Å². The summed E-state index contributed by atoms with van der Waals surface area (Å²) >= 11 is 0. The Hall–Kier alpha value is -2.10. The summed E-state index contributed by atoms with van der Waals surface area (Å²) in [4.78, 5) is 8.33. The van der Waals surface area contributed by atoms with E-state index in [-0.39, 0.29) is 0 Å². The Labute approximate surface area is 113 Å². The number of methoxy groups -OCH3 is 1. The smallest absolute Gasteiger partial charge is 0.221 e. The molecule has 2 aromatic rings. The first kappa shape index (κ1) is 13.3. The standard InChI is InChI=1S/C15H19N3O/c1-4-12-7-5-6-8-13(12)9-16-14-11(2)15(19-3)18-10-17-14/h5-8,10H,4,9H2,1-3H3,(H,16,17,18). The Morgan fingerprint density at radius 3 is 2.58 bits per heavy atom. The molecule has 0 spiro atoms. The van der Waals surface area contributed by atoms with Gasteiger partial charge in [0.15, 0.2) is 0 Å². The third-order valence-corrected chi connectivity index (χ3v) is 3.18. The third kappa shape index (κ3) is 3.02. The van der Waals surface area contributed by atoms with Crippen LogP contribution in [0.5, 0.6) is 5.88 Å². The zero-order chi connectivity index (χ0) is 13.7. The van der Waals surface area contributed by atoms with Gasteiger partial charge in [-0.15, -0.1) is 0 Å². The molecule has 100 valence electrons. The van der Waals surface area contributed by atoms with E-state index in [1.54, 1.807) is 7.11 Å². The minimum atomic E-state index is 0.612. The molecule has 0 unspecified atom stereocenters. The van der Waals surface area contributed by atoms with Crippen LogP contribution in [-0.4, -0.2) is 17.1 Å². The summed E-state index contributed by atoms with van der Waals surface area (Å²) in [6.07, 6.45) is 2.55. The monoisotopic (exact) mass is 257 g/mol. The highest BCUT2D eigenvalue weighted by Gasteiger charge is 2.07. The molecular weight excluding hydrogens is 238 g/mol. The van der Waals surface area contributed by atoms with E-state index in [4.69, 9.17) is 4.74 Å². The van der Waals surface area contributed by atoms with Gasteiger partial charge in [-0.2, -0.15) is 0 Å². The molecule has 0 amide bonds. The predicted octanol–water partition coefficient (Wildman–Crippen LogP) is 2.97. The summed E-state index contributed by atoms with van der Waals surface area (Å²) in [6.45, 7) is 4.87. The fourth-order valence-electron chi connectivity index (χ4n) is 2.07. The van der Waals surface area contributed by atoms with E-state index in [1.807, 2.05) is 6.92 Å². The van der Waals surface area contributed by atoms with Crippen LogP contribution in [0, 0.1) is 6.92 Å². The van der Waals surface area contributed by atoms with Crippen molar-refractivity contribution >= 4 is 5.82 Å². The average molecular weight is 257 g/mol. The predicted molar refractivity (Wildman–Crippen MR) is 76.5 cm³/mol. The van der Waals surface area contributed by atoms with Crippen LogP contribution in [0.25, 0.3) is 0 Å². The number of hydrogen-bond donors (Lipinski definition) is 1. The van der Waals surface area contributed by atoms with E-state index >= 15 is 0 Å². The molecule has 0 aliphatic carbocycles. The Morgan fingerprint density at radius 2 is 1.89 bits per heavy atom. The van der Waals surface area contributed by atoms with Gasteiger partial charge in [-0.05, 0) is 24.5 Å². The first-order valence-corrected chi connectivity index (χ1v) is 6.42. The number of hydrogen-bond acceptors (Lipinski definition) is 4. The van der Waals surface area contributed by atoms with E-state index in [1.165, 1.54) is 17.5 Å². The SMILES string of the molecule is CCc1ccccc1CNc1ncnc(OC)c1C. The molecule has 0 saturated carbocycles. The van der Waals surface area contributed by atoms with Crippen molar-refractivity contribution in [3.8, 4) is 5.88 Å². The first-order valence-electron chi connectivity index (χ1n) is 6.42. The number of aryl methyl sites for hydroxylation is 1. The summed E-state index contributed by atoms with van der Waals surface area (Å²) in [5.41, 5.74) is 3.58. The lowest BCUT2D eigenvalue weighted by atomic mass is 10.1. The second-order valence-corrected chi connectivity index (χ2v) is 4.33. The van der Waals surface area contributed by atoms with Gasteiger partial charge in [0.25, 0.3) is 0 Å². The van der Waals surface area contributed by atoms with Crippen LogP contribution in [-0.2, 0) is 13.0 Å². The molecule has 0 aliphatic rings. The number of anilines is 1. The Morgan fingerprint density at radius 1 is 1.16 bits per heavy atom. The molecule has 0 bridgehead atoms. The molecule has 0 aliphatic heterocycles. The fraction of sp³-hybridized carbons (Fsp3) is 0.333. The number of nitrogens with zero attached hydrogens (tertiary/aromatic N) is 2. The van der Waals surface area contributed by atoms with Crippen molar-refractivity contribution in [1.82, 2.24) is 9.97 Å². The molecule has 0 atom stereocenters. The zero-order valence-corrected chi connectivity index (χ0v) is 11.6. The second kappa shape index (κ2) is 6.18. The summed E-state index contributed by atoms with van der Waals surface area (Å²) in [6, 6.07) is 8.43. The number of ether oxygens (including phenoxy) is 1. The van der Waals surface area contributed by atoms with Crippen LogP contribution in [0.2, 0.25) is 0 Å². The molecule has 19 heavy (non-hydrogen) atoms. The zero-order valence-electron chi connectivity index (χ0n) is 11.6. The van der Waals surface area contributed by atoms with Gasteiger partial charge in [-0.25, -0.2) is 9.97 Å². The molecular formula is C15H19N3O. The van der Waals surface area contributed by atoms with Crippen LogP contribution < -0.4 is 10.1 Å². The number of rotatable bonds is 5. The van der Waals surface area contributed by atoms with Crippen LogP contribution in [0.3, 0.4) is 0 Å². The lowest BCUT2D eigenvalue weighted by Gasteiger charge is -2.12. The van der Waals surface area contributed by atoms with Crippen LogP contribution >= 0.6 is 0 Å². The second-order valence-electron chi connectivity index (χ2n) is 4.33. The maximum absolute atomic E-state index is 5.19. The highest BCUT2D eigenvalue weighted by Crippen LogP contribution is 2.20. The highest BCUT2D eigenvalue weighted by atomic mass is 16.5. The van der Waals surface area contributed by atoms with Crippen molar-refractivity contribution in [3.05, 3.63) is 47.3 Å². The minimum absolute atomic E-state index is 0.612. The molecule has 4 nitrogen and oxygen atoms in total. The highest BCUT2D eigenvalue weighted by molar-refractivity contribution is 5.48. The fourth-order valence-corrected chi connectivity index (χ4v) is 2.07. The summed E-state index contributed by atoms with van der Waals surface area (Å²) in [5.74, 6) is 1.43. The van der Waals surface area contributed by atoms with Gasteiger partial charge in [0.1, 0.15) is 12.1 Å². The minimum Gasteiger partial charge on any atom is -0.481 e.